The van der Waals surface area contributed by atoms with Gasteiger partial charge in [0.25, 0.3) is 0 Å². The van der Waals surface area contributed by atoms with Crippen LogP contribution in [0.2, 0.25) is 0 Å². The molecule has 0 atom stereocenters. The summed E-state index contributed by atoms with van der Waals surface area (Å²) in [7, 11) is 8.02. The summed E-state index contributed by atoms with van der Waals surface area (Å²) in [6.07, 6.45) is 0. The molecular weight excluding hydrogens is 284 g/mol. The molecule has 2 aromatic carbocycles. The first-order valence-electron chi connectivity index (χ1n) is 7.94. The van der Waals surface area contributed by atoms with E-state index >= 15 is 0 Å². The maximum Gasteiger partial charge on any atom is 0.193 e. The standard InChI is InChI=1S/C20H26N2O/c1-14(2)19-13-17(22(5)6)11-12-18(19)20(23)15-7-9-16(10-8-15)21(3)4/h7-14H,1-6H3. The Morgan fingerprint density at radius 2 is 1.35 bits per heavy atom. The van der Waals surface area contributed by atoms with Gasteiger partial charge in [-0.05, 0) is 53.9 Å². The molecule has 0 saturated carbocycles. The van der Waals surface area contributed by atoms with E-state index in [1.165, 1.54) is 0 Å². The number of ketones is 1. The number of rotatable bonds is 5. The second kappa shape index (κ2) is 6.86. The molecule has 0 bridgehead atoms. The first kappa shape index (κ1) is 17.1. The predicted molar refractivity (Wildman–Crippen MR) is 99.1 cm³/mol. The molecule has 3 nitrogen and oxygen atoms in total. The van der Waals surface area contributed by atoms with E-state index in [4.69, 9.17) is 0 Å². The Balaban J connectivity index is 2.42. The van der Waals surface area contributed by atoms with Crippen LogP contribution in [0.25, 0.3) is 0 Å². The zero-order valence-electron chi connectivity index (χ0n) is 14.9. The summed E-state index contributed by atoms with van der Waals surface area (Å²) in [6.45, 7) is 4.25. The molecule has 0 N–H and O–H groups in total. The number of benzene rings is 2. The van der Waals surface area contributed by atoms with Crippen LogP contribution < -0.4 is 9.80 Å². The molecule has 0 amide bonds. The predicted octanol–water partition coefficient (Wildman–Crippen LogP) is 4.17. The van der Waals surface area contributed by atoms with Gasteiger partial charge in [-0.2, -0.15) is 0 Å². The number of carbonyl (C=O) groups excluding carboxylic acids is 1. The van der Waals surface area contributed by atoms with E-state index in [9.17, 15) is 4.79 Å². The number of hydrogen-bond donors (Lipinski definition) is 0. The average Bonchev–Trinajstić information content (AvgIpc) is 2.53. The summed E-state index contributed by atoms with van der Waals surface area (Å²) < 4.78 is 0. The molecule has 0 fully saturated rings. The van der Waals surface area contributed by atoms with E-state index in [1.807, 2.05) is 69.5 Å². The van der Waals surface area contributed by atoms with E-state index in [1.54, 1.807) is 0 Å². The molecule has 23 heavy (non-hydrogen) atoms. The van der Waals surface area contributed by atoms with Crippen molar-refractivity contribution < 1.29 is 4.79 Å². The minimum absolute atomic E-state index is 0.0873. The van der Waals surface area contributed by atoms with Crippen LogP contribution in [-0.4, -0.2) is 34.0 Å². The number of anilines is 2. The number of carbonyl (C=O) groups is 1. The molecule has 0 spiro atoms. The lowest BCUT2D eigenvalue weighted by Crippen LogP contribution is -2.12. The van der Waals surface area contributed by atoms with Crippen molar-refractivity contribution in [1.82, 2.24) is 0 Å². The topological polar surface area (TPSA) is 23.6 Å². The van der Waals surface area contributed by atoms with Crippen molar-refractivity contribution in [3.63, 3.8) is 0 Å². The Kier molecular flexibility index (Phi) is 5.09. The fourth-order valence-electron chi connectivity index (χ4n) is 2.58. The monoisotopic (exact) mass is 310 g/mol. The largest absolute Gasteiger partial charge is 0.378 e. The van der Waals surface area contributed by atoms with Crippen molar-refractivity contribution in [2.24, 2.45) is 0 Å². The van der Waals surface area contributed by atoms with Crippen LogP contribution in [0, 0.1) is 0 Å². The van der Waals surface area contributed by atoms with Gasteiger partial charge in [0.15, 0.2) is 5.78 Å². The van der Waals surface area contributed by atoms with E-state index < -0.39 is 0 Å². The van der Waals surface area contributed by atoms with Crippen LogP contribution in [0.1, 0.15) is 41.3 Å². The Morgan fingerprint density at radius 3 is 1.83 bits per heavy atom. The molecule has 3 heteroatoms. The SMILES string of the molecule is CC(C)c1cc(N(C)C)ccc1C(=O)c1ccc(N(C)C)cc1. The third-order valence-corrected chi connectivity index (χ3v) is 4.06. The Labute approximate surface area is 139 Å². The molecule has 0 heterocycles. The van der Waals surface area contributed by atoms with E-state index in [2.05, 4.69) is 24.8 Å². The van der Waals surface area contributed by atoms with Gasteiger partial charge in [-0.1, -0.05) is 13.8 Å². The second-order valence-electron chi connectivity index (χ2n) is 6.59. The lowest BCUT2D eigenvalue weighted by molar-refractivity contribution is 0.103. The van der Waals surface area contributed by atoms with Gasteiger partial charge in [0.2, 0.25) is 0 Å². The van der Waals surface area contributed by atoms with Gasteiger partial charge in [-0.15, -0.1) is 0 Å². The van der Waals surface area contributed by atoms with E-state index in [-0.39, 0.29) is 5.78 Å². The third kappa shape index (κ3) is 3.73. The molecule has 0 radical (unpaired) electrons. The van der Waals surface area contributed by atoms with Crippen LogP contribution in [-0.2, 0) is 0 Å². The van der Waals surface area contributed by atoms with Crippen molar-refractivity contribution >= 4 is 17.2 Å². The van der Waals surface area contributed by atoms with Crippen LogP contribution in [0.5, 0.6) is 0 Å². The highest BCUT2D eigenvalue weighted by molar-refractivity contribution is 6.10. The van der Waals surface area contributed by atoms with Crippen molar-refractivity contribution in [3.05, 3.63) is 59.2 Å². The molecule has 0 aromatic heterocycles. The molecule has 2 aromatic rings. The number of nitrogens with zero attached hydrogens (tertiary/aromatic N) is 2. The van der Waals surface area contributed by atoms with Crippen LogP contribution in [0.15, 0.2) is 42.5 Å². The lowest BCUT2D eigenvalue weighted by atomic mass is 9.91. The maximum atomic E-state index is 12.9. The van der Waals surface area contributed by atoms with Crippen LogP contribution in [0.3, 0.4) is 0 Å². The summed E-state index contributed by atoms with van der Waals surface area (Å²) in [4.78, 5) is 17.0. The van der Waals surface area contributed by atoms with Crippen molar-refractivity contribution in [3.8, 4) is 0 Å². The highest BCUT2D eigenvalue weighted by Crippen LogP contribution is 2.27. The first-order chi connectivity index (χ1) is 10.8. The Hall–Kier alpha value is -2.29. The van der Waals surface area contributed by atoms with Crippen molar-refractivity contribution in [2.45, 2.75) is 19.8 Å². The third-order valence-electron chi connectivity index (χ3n) is 4.06. The van der Waals surface area contributed by atoms with Gasteiger partial charge in [-0.25, -0.2) is 0 Å². The van der Waals surface area contributed by atoms with E-state index in [0.29, 0.717) is 5.92 Å². The summed E-state index contributed by atoms with van der Waals surface area (Å²) >= 11 is 0. The van der Waals surface area contributed by atoms with Gasteiger partial charge in [0.05, 0.1) is 0 Å². The van der Waals surface area contributed by atoms with Crippen LogP contribution >= 0.6 is 0 Å². The summed E-state index contributed by atoms with van der Waals surface area (Å²) in [5, 5.41) is 0. The molecular formula is C20H26N2O. The Morgan fingerprint density at radius 1 is 0.826 bits per heavy atom. The summed E-state index contributed by atoms with van der Waals surface area (Å²) in [5.41, 5.74) is 4.83. The highest BCUT2D eigenvalue weighted by Gasteiger charge is 2.17. The fraction of sp³-hybridized carbons (Fsp3) is 0.350. The maximum absolute atomic E-state index is 12.9. The van der Waals surface area contributed by atoms with Gasteiger partial charge >= 0.3 is 0 Å². The smallest absolute Gasteiger partial charge is 0.193 e. The highest BCUT2D eigenvalue weighted by atomic mass is 16.1. The number of hydrogen-bond acceptors (Lipinski definition) is 3. The first-order valence-corrected chi connectivity index (χ1v) is 7.94. The average molecular weight is 310 g/mol. The summed E-state index contributed by atoms with van der Waals surface area (Å²) in [6, 6.07) is 13.8. The van der Waals surface area contributed by atoms with Crippen molar-refractivity contribution in [1.29, 1.82) is 0 Å². The minimum atomic E-state index is 0.0873. The molecule has 0 aliphatic rings. The normalized spacial score (nSPS) is 10.7. The zero-order valence-corrected chi connectivity index (χ0v) is 14.9. The van der Waals surface area contributed by atoms with Gasteiger partial charge in [0, 0.05) is 50.7 Å². The Bertz CT molecular complexity index is 685. The van der Waals surface area contributed by atoms with Gasteiger partial charge in [-0.3, -0.25) is 4.79 Å². The van der Waals surface area contributed by atoms with Gasteiger partial charge < -0.3 is 9.80 Å². The molecule has 2 rings (SSSR count). The second-order valence-corrected chi connectivity index (χ2v) is 6.59. The molecule has 0 saturated heterocycles. The molecule has 0 aliphatic heterocycles. The van der Waals surface area contributed by atoms with E-state index in [0.717, 1.165) is 28.1 Å². The fourth-order valence-corrected chi connectivity index (χ4v) is 2.58. The lowest BCUT2D eigenvalue weighted by Gasteiger charge is -2.18. The molecule has 0 unspecified atom stereocenters. The minimum Gasteiger partial charge on any atom is -0.378 e. The quantitative estimate of drug-likeness (QED) is 0.774. The summed E-state index contributed by atoms with van der Waals surface area (Å²) in [5.74, 6) is 0.388. The van der Waals surface area contributed by atoms with Crippen molar-refractivity contribution in [2.75, 3.05) is 38.0 Å². The van der Waals surface area contributed by atoms with Crippen LogP contribution in [0.4, 0.5) is 11.4 Å². The van der Waals surface area contributed by atoms with Gasteiger partial charge in [0.1, 0.15) is 0 Å². The molecule has 0 aliphatic carbocycles. The molecule has 122 valence electrons. The zero-order chi connectivity index (χ0) is 17.1.